The van der Waals surface area contributed by atoms with Crippen LogP contribution in [0.15, 0.2) is 97.1 Å². The second-order valence-corrected chi connectivity index (χ2v) is 13.6. The number of aryl methyl sites for hydroxylation is 4. The Hall–Kier alpha value is -4.68. The van der Waals surface area contributed by atoms with E-state index in [-0.39, 0.29) is 5.41 Å². The summed E-state index contributed by atoms with van der Waals surface area (Å²) in [6, 6.07) is 37.6. The van der Waals surface area contributed by atoms with Crippen molar-refractivity contribution in [2.45, 2.75) is 47.0 Å². The fraction of sp³-hybridized carbons (Fsp3) is 0.163. The monoisotopic (exact) mass is 550 g/mol. The molecule has 2 aliphatic carbocycles. The molecular weight excluding hydrogens is 516 g/mol. The number of benzene rings is 7. The van der Waals surface area contributed by atoms with Crippen molar-refractivity contribution in [2.75, 3.05) is 0 Å². The lowest BCUT2D eigenvalue weighted by Crippen LogP contribution is -2.14. The second-order valence-electron chi connectivity index (χ2n) is 13.6. The molecule has 0 saturated heterocycles. The van der Waals surface area contributed by atoms with Crippen LogP contribution in [-0.4, -0.2) is 0 Å². The van der Waals surface area contributed by atoms with E-state index in [0.717, 1.165) is 0 Å². The third kappa shape index (κ3) is 3.16. The molecule has 0 radical (unpaired) electrons. The smallest absolute Gasteiger partial charge is 0.0159 e. The Morgan fingerprint density at radius 3 is 2.02 bits per heavy atom. The summed E-state index contributed by atoms with van der Waals surface area (Å²) in [6.07, 6.45) is 0. The minimum Gasteiger partial charge on any atom is -0.0619 e. The van der Waals surface area contributed by atoms with Crippen LogP contribution in [0.25, 0.3) is 76.8 Å². The molecule has 43 heavy (non-hydrogen) atoms. The van der Waals surface area contributed by atoms with Gasteiger partial charge in [0.15, 0.2) is 0 Å². The first-order valence-corrected chi connectivity index (χ1v) is 15.5. The average molecular weight is 551 g/mol. The average Bonchev–Trinajstić information content (AvgIpc) is 3.44. The molecule has 0 aliphatic heterocycles. The molecule has 0 aromatic heterocycles. The number of fused-ring (bicyclic) bond motifs is 10. The molecule has 2 aliphatic rings. The molecule has 0 heterocycles. The summed E-state index contributed by atoms with van der Waals surface area (Å²) in [4.78, 5) is 0. The molecule has 0 N–H and O–H groups in total. The Bertz CT molecular complexity index is 2400. The van der Waals surface area contributed by atoms with E-state index >= 15 is 0 Å². The molecule has 7 aromatic rings. The Balaban J connectivity index is 1.40. The van der Waals surface area contributed by atoms with Crippen LogP contribution in [0, 0.1) is 27.7 Å². The summed E-state index contributed by atoms with van der Waals surface area (Å²) in [5.74, 6) is 0. The maximum Gasteiger partial charge on any atom is 0.0159 e. The molecule has 206 valence electrons. The summed E-state index contributed by atoms with van der Waals surface area (Å²) < 4.78 is 0. The van der Waals surface area contributed by atoms with Crippen LogP contribution in [0.2, 0.25) is 0 Å². The van der Waals surface area contributed by atoms with Gasteiger partial charge in [-0.25, -0.2) is 0 Å². The van der Waals surface area contributed by atoms with Crippen LogP contribution in [-0.2, 0) is 5.41 Å². The van der Waals surface area contributed by atoms with E-state index in [4.69, 9.17) is 0 Å². The van der Waals surface area contributed by atoms with Gasteiger partial charge in [-0.2, -0.15) is 0 Å². The molecule has 0 heteroatoms. The van der Waals surface area contributed by atoms with E-state index in [1.54, 1.807) is 0 Å². The van der Waals surface area contributed by atoms with Crippen molar-refractivity contribution >= 4 is 32.3 Å². The largest absolute Gasteiger partial charge is 0.0619 e. The second kappa shape index (κ2) is 8.23. The van der Waals surface area contributed by atoms with Gasteiger partial charge in [0.2, 0.25) is 0 Å². The quantitative estimate of drug-likeness (QED) is 0.178. The van der Waals surface area contributed by atoms with E-state index in [9.17, 15) is 0 Å². The minimum absolute atomic E-state index is 0.0287. The summed E-state index contributed by atoms with van der Waals surface area (Å²) in [5, 5.41) is 8.13. The first kappa shape index (κ1) is 24.9. The Morgan fingerprint density at radius 2 is 1.16 bits per heavy atom. The van der Waals surface area contributed by atoms with Crippen molar-refractivity contribution in [1.82, 2.24) is 0 Å². The highest BCUT2D eigenvalue weighted by molar-refractivity contribution is 6.29. The van der Waals surface area contributed by atoms with Gasteiger partial charge in [0.25, 0.3) is 0 Å². The van der Waals surface area contributed by atoms with Crippen LogP contribution in [0.1, 0.15) is 47.2 Å². The van der Waals surface area contributed by atoms with Crippen LogP contribution >= 0.6 is 0 Å². The van der Waals surface area contributed by atoms with Gasteiger partial charge in [-0.05, 0) is 145 Å². The van der Waals surface area contributed by atoms with Crippen LogP contribution in [0.4, 0.5) is 0 Å². The fourth-order valence-corrected chi connectivity index (χ4v) is 8.52. The van der Waals surface area contributed by atoms with Crippen LogP contribution in [0.3, 0.4) is 0 Å². The lowest BCUT2D eigenvalue weighted by atomic mass is 9.81. The zero-order chi connectivity index (χ0) is 29.4. The van der Waals surface area contributed by atoms with E-state index in [1.165, 1.54) is 110 Å². The Labute approximate surface area is 253 Å². The van der Waals surface area contributed by atoms with Gasteiger partial charge in [-0.3, -0.25) is 0 Å². The lowest BCUT2D eigenvalue weighted by molar-refractivity contribution is 0.660. The van der Waals surface area contributed by atoms with E-state index < -0.39 is 0 Å². The van der Waals surface area contributed by atoms with E-state index in [1.807, 2.05) is 0 Å². The van der Waals surface area contributed by atoms with Crippen molar-refractivity contribution in [3.63, 3.8) is 0 Å². The maximum absolute atomic E-state index is 2.50. The molecule has 0 unspecified atom stereocenters. The highest BCUT2D eigenvalue weighted by Gasteiger charge is 2.35. The predicted molar refractivity (Wildman–Crippen MR) is 185 cm³/mol. The SMILES string of the molecule is Cc1cc(C)c2c(c1)-c1cc3c4ccc(C)cc4c(-c4ccc5c(c4)C(C)(C)c4ccccc4-5)cc3c3ccc(C)c-2c13. The minimum atomic E-state index is -0.0287. The molecule has 0 fully saturated rings. The fourth-order valence-electron chi connectivity index (χ4n) is 8.52. The van der Waals surface area contributed by atoms with Gasteiger partial charge in [0.05, 0.1) is 0 Å². The van der Waals surface area contributed by atoms with Gasteiger partial charge in [-0.1, -0.05) is 104 Å². The lowest BCUT2D eigenvalue weighted by Gasteiger charge is -2.22. The van der Waals surface area contributed by atoms with Gasteiger partial charge in [0.1, 0.15) is 0 Å². The topological polar surface area (TPSA) is 0 Å². The Morgan fingerprint density at radius 1 is 0.419 bits per heavy atom. The third-order valence-electron chi connectivity index (χ3n) is 10.5. The number of hydrogen-bond donors (Lipinski definition) is 0. The highest BCUT2D eigenvalue weighted by atomic mass is 14.4. The van der Waals surface area contributed by atoms with Gasteiger partial charge in [-0.15, -0.1) is 0 Å². The number of hydrogen-bond acceptors (Lipinski definition) is 0. The molecule has 0 spiro atoms. The molecular formula is C43H34. The van der Waals surface area contributed by atoms with Gasteiger partial charge >= 0.3 is 0 Å². The van der Waals surface area contributed by atoms with Crippen molar-refractivity contribution in [2.24, 2.45) is 0 Å². The van der Waals surface area contributed by atoms with Crippen molar-refractivity contribution in [1.29, 1.82) is 0 Å². The summed E-state index contributed by atoms with van der Waals surface area (Å²) in [6.45, 7) is 13.7. The molecule has 0 bridgehead atoms. The van der Waals surface area contributed by atoms with Crippen molar-refractivity contribution in [3.05, 3.63) is 130 Å². The normalized spacial score (nSPS) is 14.0. The zero-order valence-electron chi connectivity index (χ0n) is 25.7. The van der Waals surface area contributed by atoms with Crippen LogP contribution < -0.4 is 0 Å². The molecule has 7 aromatic carbocycles. The molecule has 0 nitrogen and oxygen atoms in total. The Kier molecular flexibility index (Phi) is 4.76. The molecule has 0 saturated carbocycles. The summed E-state index contributed by atoms with van der Waals surface area (Å²) >= 11 is 0. The van der Waals surface area contributed by atoms with Crippen molar-refractivity contribution < 1.29 is 0 Å². The maximum atomic E-state index is 2.50. The van der Waals surface area contributed by atoms with Crippen LogP contribution in [0.5, 0.6) is 0 Å². The van der Waals surface area contributed by atoms with Gasteiger partial charge < -0.3 is 0 Å². The standard InChI is InChI=1S/C43H34/c1-23-11-14-28-33(18-23)32(27-13-16-30-29-9-7-8-10-38(29)43(5,6)39(30)20-27)21-35-31-15-12-25(3)41-40-26(4)17-24(2)19-36(40)37(42(31)41)22-34(28)35/h7-22H,1-6H3. The molecule has 9 rings (SSSR count). The molecule has 0 atom stereocenters. The highest BCUT2D eigenvalue weighted by Crippen LogP contribution is 2.54. The van der Waals surface area contributed by atoms with Gasteiger partial charge in [0, 0.05) is 5.41 Å². The zero-order valence-corrected chi connectivity index (χ0v) is 25.7. The first-order valence-electron chi connectivity index (χ1n) is 15.5. The summed E-state index contributed by atoms with van der Waals surface area (Å²) in [5.41, 5.74) is 19.1. The first-order chi connectivity index (χ1) is 20.7. The van der Waals surface area contributed by atoms with E-state index in [2.05, 4.69) is 139 Å². The third-order valence-corrected chi connectivity index (χ3v) is 10.5. The predicted octanol–water partition coefficient (Wildman–Crippen LogP) is 12.0. The molecule has 0 amide bonds. The van der Waals surface area contributed by atoms with Crippen molar-refractivity contribution in [3.8, 4) is 44.5 Å². The van der Waals surface area contributed by atoms with E-state index in [0.29, 0.717) is 0 Å². The number of rotatable bonds is 1. The summed E-state index contributed by atoms with van der Waals surface area (Å²) in [7, 11) is 0.